The molecule has 1 fully saturated rings. The normalized spacial score (nSPS) is 43.7. The Hall–Kier alpha value is -0.0400. The minimum atomic E-state index is 0.819. The van der Waals surface area contributed by atoms with Crippen molar-refractivity contribution in [3.8, 4) is 0 Å². The van der Waals surface area contributed by atoms with Crippen LogP contribution in [0.1, 0.15) is 26.7 Å². The van der Waals surface area contributed by atoms with Crippen molar-refractivity contribution in [2.75, 3.05) is 6.54 Å². The van der Waals surface area contributed by atoms with Crippen LogP contribution in [0, 0.1) is 17.8 Å². The second kappa shape index (κ2) is 2.70. The van der Waals surface area contributed by atoms with Gasteiger partial charge in [-0.3, -0.25) is 0 Å². The van der Waals surface area contributed by atoms with Crippen molar-refractivity contribution >= 4 is 0 Å². The summed E-state index contributed by atoms with van der Waals surface area (Å²) in [7, 11) is 0. The molecule has 1 aliphatic rings. The summed E-state index contributed by atoms with van der Waals surface area (Å²) in [6.07, 6.45) is 2.75. The number of nitrogens with two attached hydrogens (primary N) is 1. The number of hydrogen-bond acceptors (Lipinski definition) is 1. The molecule has 1 heteroatoms. The van der Waals surface area contributed by atoms with Crippen molar-refractivity contribution in [3.05, 3.63) is 0 Å². The molecule has 1 aliphatic carbocycles. The van der Waals surface area contributed by atoms with E-state index < -0.39 is 0 Å². The van der Waals surface area contributed by atoms with Crippen LogP contribution in [-0.2, 0) is 0 Å². The molecule has 0 radical (unpaired) electrons. The highest BCUT2D eigenvalue weighted by molar-refractivity contribution is 4.79. The van der Waals surface area contributed by atoms with E-state index in [4.69, 9.17) is 5.73 Å². The zero-order chi connectivity index (χ0) is 6.85. The van der Waals surface area contributed by atoms with E-state index in [1.54, 1.807) is 0 Å². The Morgan fingerprint density at radius 3 is 2.22 bits per heavy atom. The van der Waals surface area contributed by atoms with Crippen molar-refractivity contribution in [2.24, 2.45) is 23.5 Å². The number of rotatable bonds is 1. The molecular weight excluding hydrogens is 110 g/mol. The smallest absolute Gasteiger partial charge is 0.00462 e. The largest absolute Gasteiger partial charge is 0.330 e. The predicted molar refractivity (Wildman–Crippen MR) is 40.1 cm³/mol. The van der Waals surface area contributed by atoms with Gasteiger partial charge in [-0.2, -0.15) is 0 Å². The summed E-state index contributed by atoms with van der Waals surface area (Å²) in [4.78, 5) is 0. The molecule has 0 aromatic heterocycles. The van der Waals surface area contributed by atoms with Crippen molar-refractivity contribution < 1.29 is 0 Å². The van der Waals surface area contributed by atoms with E-state index in [2.05, 4.69) is 13.8 Å². The summed E-state index contributed by atoms with van der Waals surface area (Å²) in [6, 6.07) is 0. The first kappa shape index (κ1) is 7.07. The fourth-order valence-corrected chi connectivity index (χ4v) is 1.80. The van der Waals surface area contributed by atoms with Gasteiger partial charge in [-0.05, 0) is 30.7 Å². The molecule has 0 heterocycles. The Morgan fingerprint density at radius 1 is 1.33 bits per heavy atom. The fraction of sp³-hybridized carbons (Fsp3) is 1.00. The Kier molecular flexibility index (Phi) is 2.12. The molecule has 2 unspecified atom stereocenters. The van der Waals surface area contributed by atoms with Gasteiger partial charge in [-0.15, -0.1) is 0 Å². The molecule has 0 amide bonds. The lowest BCUT2D eigenvalue weighted by molar-refractivity contribution is 0.364. The highest BCUT2D eigenvalue weighted by Crippen LogP contribution is 2.35. The minimum absolute atomic E-state index is 0.819. The highest BCUT2D eigenvalue weighted by Gasteiger charge is 2.27. The van der Waals surface area contributed by atoms with Crippen molar-refractivity contribution in [2.45, 2.75) is 26.7 Å². The third-order valence-corrected chi connectivity index (χ3v) is 2.94. The van der Waals surface area contributed by atoms with Gasteiger partial charge >= 0.3 is 0 Å². The average molecular weight is 127 g/mol. The lowest BCUT2D eigenvalue weighted by Crippen LogP contribution is -2.18. The van der Waals surface area contributed by atoms with Gasteiger partial charge < -0.3 is 5.73 Å². The molecule has 1 rings (SSSR count). The molecule has 1 saturated carbocycles. The van der Waals surface area contributed by atoms with E-state index in [0.29, 0.717) is 0 Å². The topological polar surface area (TPSA) is 26.0 Å². The molecule has 0 aromatic carbocycles. The van der Waals surface area contributed by atoms with Gasteiger partial charge in [0.2, 0.25) is 0 Å². The minimum Gasteiger partial charge on any atom is -0.330 e. The lowest BCUT2D eigenvalue weighted by atomic mass is 9.93. The van der Waals surface area contributed by atoms with Crippen molar-refractivity contribution in [1.82, 2.24) is 0 Å². The van der Waals surface area contributed by atoms with Gasteiger partial charge in [0.15, 0.2) is 0 Å². The van der Waals surface area contributed by atoms with Gasteiger partial charge in [0.1, 0.15) is 0 Å². The van der Waals surface area contributed by atoms with E-state index in [1.807, 2.05) is 0 Å². The summed E-state index contributed by atoms with van der Waals surface area (Å²) in [5, 5.41) is 0. The van der Waals surface area contributed by atoms with E-state index in [-0.39, 0.29) is 0 Å². The first-order valence-corrected chi connectivity index (χ1v) is 3.95. The quantitative estimate of drug-likeness (QED) is 0.569. The molecule has 0 aromatic rings. The van der Waals surface area contributed by atoms with Crippen LogP contribution in [0.4, 0.5) is 0 Å². The molecule has 0 saturated heterocycles. The van der Waals surface area contributed by atoms with Gasteiger partial charge in [-0.1, -0.05) is 20.3 Å². The standard InChI is InChI=1S/C8H17N/c1-6-3-4-8(5-9)7(6)2/h6-8H,3-5,9H2,1-2H3/t6?,7?,8-/m0/s1. The Labute approximate surface area is 57.6 Å². The average Bonchev–Trinajstić information content (AvgIpc) is 2.15. The predicted octanol–water partition coefficient (Wildman–Crippen LogP) is 1.63. The van der Waals surface area contributed by atoms with Crippen LogP contribution < -0.4 is 5.73 Å². The Balaban J connectivity index is 2.41. The van der Waals surface area contributed by atoms with Crippen LogP contribution in [-0.4, -0.2) is 6.54 Å². The summed E-state index contributed by atoms with van der Waals surface area (Å²) in [6.45, 7) is 5.56. The lowest BCUT2D eigenvalue weighted by Gasteiger charge is -2.14. The third kappa shape index (κ3) is 1.26. The zero-order valence-corrected chi connectivity index (χ0v) is 6.43. The Bertz CT molecular complexity index is 90.6. The van der Waals surface area contributed by atoms with Crippen LogP contribution in [0.15, 0.2) is 0 Å². The SMILES string of the molecule is CC1CC[C@@H](CN)C1C. The molecule has 9 heavy (non-hydrogen) atoms. The third-order valence-electron chi connectivity index (χ3n) is 2.94. The molecule has 0 aliphatic heterocycles. The van der Waals surface area contributed by atoms with E-state index in [0.717, 1.165) is 24.3 Å². The maximum Gasteiger partial charge on any atom is -0.00462 e. The van der Waals surface area contributed by atoms with Crippen LogP contribution in [0.25, 0.3) is 0 Å². The highest BCUT2D eigenvalue weighted by atomic mass is 14.6. The monoisotopic (exact) mass is 127 g/mol. The van der Waals surface area contributed by atoms with Gasteiger partial charge in [0.05, 0.1) is 0 Å². The summed E-state index contributed by atoms with van der Waals surface area (Å²) in [5.41, 5.74) is 5.59. The van der Waals surface area contributed by atoms with Crippen molar-refractivity contribution in [3.63, 3.8) is 0 Å². The molecule has 54 valence electrons. The maximum absolute atomic E-state index is 5.59. The summed E-state index contributed by atoms with van der Waals surface area (Å²) >= 11 is 0. The van der Waals surface area contributed by atoms with Crippen LogP contribution >= 0.6 is 0 Å². The summed E-state index contributed by atoms with van der Waals surface area (Å²) in [5.74, 6) is 2.61. The van der Waals surface area contributed by atoms with Gasteiger partial charge in [-0.25, -0.2) is 0 Å². The Morgan fingerprint density at radius 2 is 2.00 bits per heavy atom. The molecule has 3 atom stereocenters. The summed E-state index contributed by atoms with van der Waals surface area (Å²) < 4.78 is 0. The van der Waals surface area contributed by atoms with E-state index in [1.165, 1.54) is 12.8 Å². The zero-order valence-electron chi connectivity index (χ0n) is 6.43. The van der Waals surface area contributed by atoms with Crippen LogP contribution in [0.2, 0.25) is 0 Å². The van der Waals surface area contributed by atoms with E-state index in [9.17, 15) is 0 Å². The second-order valence-electron chi connectivity index (χ2n) is 3.41. The second-order valence-corrected chi connectivity index (χ2v) is 3.41. The van der Waals surface area contributed by atoms with Crippen molar-refractivity contribution in [1.29, 1.82) is 0 Å². The fourth-order valence-electron chi connectivity index (χ4n) is 1.80. The van der Waals surface area contributed by atoms with E-state index >= 15 is 0 Å². The molecule has 1 nitrogen and oxygen atoms in total. The number of hydrogen-bond donors (Lipinski definition) is 1. The van der Waals surface area contributed by atoms with Gasteiger partial charge in [0, 0.05) is 0 Å². The molecule has 2 N–H and O–H groups in total. The van der Waals surface area contributed by atoms with Crippen LogP contribution in [0.5, 0.6) is 0 Å². The maximum atomic E-state index is 5.59. The van der Waals surface area contributed by atoms with Crippen LogP contribution in [0.3, 0.4) is 0 Å². The molecule has 0 spiro atoms. The molecule has 0 bridgehead atoms. The molecular formula is C8H17N. The van der Waals surface area contributed by atoms with Gasteiger partial charge in [0.25, 0.3) is 0 Å². The first-order chi connectivity index (χ1) is 4.25. The first-order valence-electron chi connectivity index (χ1n) is 3.95.